The smallest absolute Gasteiger partial charge is 0.0315 e. The normalized spacial score (nSPS) is 62.5. The van der Waals surface area contributed by atoms with Gasteiger partial charge in [0.15, 0.2) is 0 Å². The molecule has 0 aromatic carbocycles. The Morgan fingerprint density at radius 2 is 1.38 bits per heavy atom. The van der Waals surface area contributed by atoms with Crippen LogP contribution in [0.4, 0.5) is 0 Å². The fourth-order valence-electron chi connectivity index (χ4n) is 4.59. The predicted molar refractivity (Wildman–Crippen MR) is 54.3 cm³/mol. The summed E-state index contributed by atoms with van der Waals surface area (Å²) in [5, 5.41) is 0. The van der Waals surface area contributed by atoms with Crippen molar-refractivity contribution in [3.8, 4) is 0 Å². The van der Waals surface area contributed by atoms with Crippen LogP contribution in [0, 0.1) is 41.4 Å². The molecule has 0 spiro atoms. The molecule has 0 aromatic heterocycles. The number of hydrogen-bond donors (Lipinski definition) is 0. The van der Waals surface area contributed by atoms with Crippen LogP contribution in [0.5, 0.6) is 0 Å². The first-order valence-corrected chi connectivity index (χ1v) is 5.88. The van der Waals surface area contributed by atoms with E-state index in [1.165, 1.54) is 35.5 Å². The van der Waals surface area contributed by atoms with Crippen LogP contribution in [0.3, 0.4) is 0 Å². The van der Waals surface area contributed by atoms with E-state index in [-0.39, 0.29) is 5.48 Å². The third kappa shape index (κ3) is 0.823. The summed E-state index contributed by atoms with van der Waals surface area (Å²) in [6.07, 6.45) is 3.23. The molecule has 0 heterocycles. The standard InChI is InChI=1S/C10H14.C2H6.H2O/c1-4-2-7-8(4)10-6-3-5(6)9(7)10;1-2;/h4-10H,2-3H2,1H3;1-2H3;1H2. The molecular weight excluding hydrogens is 160 g/mol. The molecule has 0 saturated heterocycles. The van der Waals surface area contributed by atoms with Crippen LogP contribution in [0.25, 0.3) is 0 Å². The van der Waals surface area contributed by atoms with Crippen molar-refractivity contribution in [3.63, 3.8) is 0 Å². The molecule has 76 valence electrons. The Labute approximate surface area is 81.2 Å². The molecule has 7 atom stereocenters. The highest BCUT2D eigenvalue weighted by molar-refractivity contribution is 5.24. The fourth-order valence-corrected chi connectivity index (χ4v) is 4.59. The monoisotopic (exact) mass is 182 g/mol. The molecule has 0 bridgehead atoms. The van der Waals surface area contributed by atoms with Gasteiger partial charge in [0, 0.05) is 0 Å². The van der Waals surface area contributed by atoms with E-state index in [1.54, 1.807) is 12.8 Å². The van der Waals surface area contributed by atoms with E-state index in [2.05, 4.69) is 6.92 Å². The molecule has 0 aliphatic heterocycles. The zero-order valence-electron chi connectivity index (χ0n) is 8.96. The lowest BCUT2D eigenvalue weighted by molar-refractivity contribution is -0.208. The van der Waals surface area contributed by atoms with Gasteiger partial charge in [-0.2, -0.15) is 0 Å². The molecular formula is C12H22O. The summed E-state index contributed by atoms with van der Waals surface area (Å²) >= 11 is 0. The molecule has 0 amide bonds. The summed E-state index contributed by atoms with van der Waals surface area (Å²) < 4.78 is 0. The van der Waals surface area contributed by atoms with E-state index >= 15 is 0 Å². The molecule has 4 saturated carbocycles. The summed E-state index contributed by atoms with van der Waals surface area (Å²) in [4.78, 5) is 0. The molecule has 4 rings (SSSR count). The van der Waals surface area contributed by atoms with Gasteiger partial charge in [-0.15, -0.1) is 0 Å². The number of fused-ring (bicyclic) bond motifs is 7. The van der Waals surface area contributed by atoms with Crippen molar-refractivity contribution >= 4 is 0 Å². The van der Waals surface area contributed by atoms with E-state index in [0.717, 1.165) is 5.92 Å². The summed E-state index contributed by atoms with van der Waals surface area (Å²) in [5.41, 5.74) is 0. The first-order valence-electron chi connectivity index (χ1n) is 5.88. The van der Waals surface area contributed by atoms with E-state index < -0.39 is 0 Å². The summed E-state index contributed by atoms with van der Waals surface area (Å²) in [6.45, 7) is 6.47. The van der Waals surface area contributed by atoms with Crippen LogP contribution >= 0.6 is 0 Å². The van der Waals surface area contributed by atoms with Crippen molar-refractivity contribution in [2.75, 3.05) is 0 Å². The van der Waals surface area contributed by atoms with Gasteiger partial charge >= 0.3 is 0 Å². The molecule has 13 heavy (non-hydrogen) atoms. The second-order valence-corrected chi connectivity index (χ2v) is 5.17. The van der Waals surface area contributed by atoms with E-state index in [1.807, 2.05) is 13.8 Å². The van der Waals surface area contributed by atoms with Crippen LogP contribution < -0.4 is 0 Å². The lowest BCUT2D eigenvalue weighted by Crippen LogP contribution is -2.64. The van der Waals surface area contributed by atoms with Gasteiger partial charge < -0.3 is 5.48 Å². The van der Waals surface area contributed by atoms with Crippen LogP contribution in [0.1, 0.15) is 33.6 Å². The van der Waals surface area contributed by atoms with Crippen molar-refractivity contribution in [1.29, 1.82) is 0 Å². The average Bonchev–Trinajstić information content (AvgIpc) is 2.76. The maximum Gasteiger partial charge on any atom is -0.0315 e. The maximum absolute atomic E-state index is 2.47. The summed E-state index contributed by atoms with van der Waals surface area (Å²) in [5.74, 6) is 8.64. The Morgan fingerprint density at radius 3 is 2.00 bits per heavy atom. The van der Waals surface area contributed by atoms with Gasteiger partial charge in [-0.05, 0) is 54.3 Å². The molecule has 1 heteroatoms. The molecule has 0 radical (unpaired) electrons. The van der Waals surface area contributed by atoms with Gasteiger partial charge in [0.1, 0.15) is 0 Å². The van der Waals surface area contributed by atoms with Gasteiger partial charge in [0.2, 0.25) is 0 Å². The minimum Gasteiger partial charge on any atom is -0.412 e. The van der Waals surface area contributed by atoms with E-state index in [0.29, 0.717) is 0 Å². The van der Waals surface area contributed by atoms with Crippen LogP contribution in [-0.4, -0.2) is 5.48 Å². The third-order valence-corrected chi connectivity index (χ3v) is 5.06. The first-order chi connectivity index (χ1) is 5.88. The molecule has 4 aliphatic rings. The molecule has 0 aromatic rings. The van der Waals surface area contributed by atoms with Crippen molar-refractivity contribution in [2.45, 2.75) is 33.6 Å². The molecule has 4 fully saturated rings. The minimum absolute atomic E-state index is 0. The minimum atomic E-state index is 0. The Balaban J connectivity index is 0.000000206. The summed E-state index contributed by atoms with van der Waals surface area (Å²) in [7, 11) is 0. The third-order valence-electron chi connectivity index (χ3n) is 5.06. The van der Waals surface area contributed by atoms with Gasteiger partial charge in [-0.1, -0.05) is 20.8 Å². The quantitative estimate of drug-likeness (QED) is 0.551. The zero-order valence-corrected chi connectivity index (χ0v) is 8.96. The summed E-state index contributed by atoms with van der Waals surface area (Å²) in [6, 6.07) is 0. The van der Waals surface area contributed by atoms with Crippen molar-refractivity contribution < 1.29 is 5.48 Å². The maximum atomic E-state index is 2.47. The van der Waals surface area contributed by atoms with Gasteiger partial charge in [-0.3, -0.25) is 0 Å². The molecule has 1 nitrogen and oxygen atoms in total. The molecule has 7 unspecified atom stereocenters. The van der Waals surface area contributed by atoms with Gasteiger partial charge in [0.05, 0.1) is 0 Å². The topological polar surface area (TPSA) is 31.5 Å². The van der Waals surface area contributed by atoms with E-state index in [9.17, 15) is 0 Å². The van der Waals surface area contributed by atoms with Crippen molar-refractivity contribution in [1.82, 2.24) is 0 Å². The second-order valence-electron chi connectivity index (χ2n) is 5.17. The van der Waals surface area contributed by atoms with Crippen molar-refractivity contribution in [3.05, 3.63) is 0 Å². The highest BCUT2D eigenvalue weighted by Gasteiger charge is 2.76. The largest absolute Gasteiger partial charge is 0.412 e. The zero-order chi connectivity index (χ0) is 8.46. The Morgan fingerprint density at radius 1 is 0.769 bits per heavy atom. The Bertz CT molecular complexity index is 211. The lowest BCUT2D eigenvalue weighted by atomic mass is 9.36. The first kappa shape index (κ1) is 9.51. The fraction of sp³-hybridized carbons (Fsp3) is 1.00. The molecule has 4 aliphatic carbocycles. The van der Waals surface area contributed by atoms with Gasteiger partial charge in [0.25, 0.3) is 0 Å². The SMILES string of the molecule is CC.CC1CC2C1C1C3CC3C21.O. The molecule has 2 N–H and O–H groups in total. The highest BCUT2D eigenvalue weighted by Crippen LogP contribution is 2.81. The van der Waals surface area contributed by atoms with Crippen LogP contribution in [0.2, 0.25) is 0 Å². The Hall–Kier alpha value is -0.0400. The van der Waals surface area contributed by atoms with Crippen molar-refractivity contribution in [2.24, 2.45) is 41.4 Å². The number of rotatable bonds is 0. The predicted octanol–water partition coefficient (Wildman–Crippen LogP) is 2.36. The van der Waals surface area contributed by atoms with Crippen LogP contribution in [-0.2, 0) is 0 Å². The second kappa shape index (κ2) is 2.73. The van der Waals surface area contributed by atoms with Gasteiger partial charge in [-0.25, -0.2) is 0 Å². The number of hydrogen-bond acceptors (Lipinski definition) is 0. The van der Waals surface area contributed by atoms with Crippen LogP contribution in [0.15, 0.2) is 0 Å². The highest BCUT2D eigenvalue weighted by atomic mass is 16.0. The van der Waals surface area contributed by atoms with E-state index in [4.69, 9.17) is 0 Å². The Kier molecular flexibility index (Phi) is 1.99. The lowest BCUT2D eigenvalue weighted by Gasteiger charge is -2.68. The average molecular weight is 182 g/mol.